The summed E-state index contributed by atoms with van der Waals surface area (Å²) in [5, 5.41) is 9.78. The average Bonchev–Trinajstić information content (AvgIpc) is 2.53. The molecule has 1 aromatic carbocycles. The molecule has 2 atom stereocenters. The topological polar surface area (TPSA) is 76.1 Å². The number of rotatable bonds is 4. The number of likely N-dealkylation sites (tertiary alicyclic amines) is 1. The maximum Gasteiger partial charge on any atom is 0.410 e. The Labute approximate surface area is 148 Å². The molecule has 1 saturated heterocycles. The van der Waals surface area contributed by atoms with E-state index in [1.165, 1.54) is 0 Å². The number of carboxylic acids is 1. The molecule has 1 amide bonds. The predicted octanol–water partition coefficient (Wildman–Crippen LogP) is 3.51. The van der Waals surface area contributed by atoms with Crippen LogP contribution in [-0.4, -0.2) is 47.9 Å². The van der Waals surface area contributed by atoms with E-state index in [-0.39, 0.29) is 12.0 Å². The Morgan fingerprint density at radius 1 is 1.32 bits per heavy atom. The molecule has 1 aliphatic rings. The molecule has 138 valence electrons. The van der Waals surface area contributed by atoms with E-state index in [1.54, 1.807) is 36.3 Å². The number of ether oxygens (including phenoxy) is 2. The molecule has 0 bridgehead atoms. The molecular formula is C19H27NO5. The zero-order valence-electron chi connectivity index (χ0n) is 15.3. The number of aliphatic carboxylic acids is 1. The maximum absolute atomic E-state index is 12.3. The SMILES string of the molecule is COc1cccc(C(C(=O)O)C2CCCN(C(=O)OC(C)(C)C)C2)c1. The normalized spacial score (nSPS) is 19.2. The van der Waals surface area contributed by atoms with Crippen LogP contribution in [0.15, 0.2) is 24.3 Å². The first kappa shape index (κ1) is 19.1. The Morgan fingerprint density at radius 3 is 2.64 bits per heavy atom. The fourth-order valence-corrected chi connectivity index (χ4v) is 3.23. The maximum atomic E-state index is 12.3. The average molecular weight is 349 g/mol. The van der Waals surface area contributed by atoms with Gasteiger partial charge in [0.1, 0.15) is 11.4 Å². The lowest BCUT2D eigenvalue weighted by Crippen LogP contribution is -2.45. The first-order chi connectivity index (χ1) is 11.7. The standard InChI is InChI=1S/C19H27NO5/c1-19(2,3)25-18(23)20-10-6-8-14(12-20)16(17(21)22)13-7-5-9-15(11-13)24-4/h5,7,9,11,14,16H,6,8,10,12H2,1-4H3,(H,21,22). The number of hydrogen-bond acceptors (Lipinski definition) is 4. The number of nitrogens with zero attached hydrogens (tertiary/aromatic N) is 1. The van der Waals surface area contributed by atoms with E-state index >= 15 is 0 Å². The highest BCUT2D eigenvalue weighted by Crippen LogP contribution is 2.34. The summed E-state index contributed by atoms with van der Waals surface area (Å²) in [5.41, 5.74) is 0.131. The molecule has 0 aliphatic carbocycles. The summed E-state index contributed by atoms with van der Waals surface area (Å²) in [4.78, 5) is 25.9. The fraction of sp³-hybridized carbons (Fsp3) is 0.579. The van der Waals surface area contributed by atoms with Crippen molar-refractivity contribution in [2.45, 2.75) is 45.1 Å². The lowest BCUT2D eigenvalue weighted by molar-refractivity contribution is -0.140. The number of carbonyl (C=O) groups is 2. The van der Waals surface area contributed by atoms with Crippen LogP contribution >= 0.6 is 0 Å². The van der Waals surface area contributed by atoms with Gasteiger partial charge in [-0.05, 0) is 57.2 Å². The van der Waals surface area contributed by atoms with Crippen molar-refractivity contribution in [3.05, 3.63) is 29.8 Å². The minimum absolute atomic E-state index is 0.161. The van der Waals surface area contributed by atoms with E-state index in [0.717, 1.165) is 12.8 Å². The van der Waals surface area contributed by atoms with Crippen LogP contribution in [-0.2, 0) is 9.53 Å². The van der Waals surface area contributed by atoms with Gasteiger partial charge in [0.05, 0.1) is 13.0 Å². The minimum Gasteiger partial charge on any atom is -0.497 e. The van der Waals surface area contributed by atoms with Crippen LogP contribution in [0.5, 0.6) is 5.75 Å². The molecule has 1 aromatic rings. The molecule has 1 fully saturated rings. The van der Waals surface area contributed by atoms with Crippen molar-refractivity contribution in [3.63, 3.8) is 0 Å². The van der Waals surface area contributed by atoms with Crippen LogP contribution in [0.4, 0.5) is 4.79 Å². The molecule has 2 unspecified atom stereocenters. The van der Waals surface area contributed by atoms with Crippen LogP contribution in [0.2, 0.25) is 0 Å². The van der Waals surface area contributed by atoms with E-state index in [4.69, 9.17) is 9.47 Å². The van der Waals surface area contributed by atoms with Crippen molar-refractivity contribution in [1.29, 1.82) is 0 Å². The highest BCUT2D eigenvalue weighted by atomic mass is 16.6. The minimum atomic E-state index is -0.885. The lowest BCUT2D eigenvalue weighted by Gasteiger charge is -2.36. The summed E-state index contributed by atoms with van der Waals surface area (Å²) in [6.07, 6.45) is 1.14. The van der Waals surface area contributed by atoms with Crippen LogP contribution in [0.25, 0.3) is 0 Å². The molecule has 1 aliphatic heterocycles. The monoisotopic (exact) mass is 349 g/mol. The van der Waals surface area contributed by atoms with E-state index in [0.29, 0.717) is 24.4 Å². The van der Waals surface area contributed by atoms with Gasteiger partial charge in [0.15, 0.2) is 0 Å². The Hall–Kier alpha value is -2.24. The molecule has 1 N–H and O–H groups in total. The Morgan fingerprint density at radius 2 is 2.04 bits per heavy atom. The van der Waals surface area contributed by atoms with Crippen molar-refractivity contribution in [1.82, 2.24) is 4.90 Å². The third-order valence-corrected chi connectivity index (χ3v) is 4.30. The molecular weight excluding hydrogens is 322 g/mol. The van der Waals surface area contributed by atoms with Crippen LogP contribution in [0, 0.1) is 5.92 Å². The highest BCUT2D eigenvalue weighted by molar-refractivity contribution is 5.77. The van der Waals surface area contributed by atoms with Gasteiger partial charge in [-0.3, -0.25) is 4.79 Å². The van der Waals surface area contributed by atoms with Gasteiger partial charge in [0, 0.05) is 13.1 Å². The van der Waals surface area contributed by atoms with E-state index < -0.39 is 17.5 Å². The fourth-order valence-electron chi connectivity index (χ4n) is 3.23. The summed E-state index contributed by atoms with van der Waals surface area (Å²) in [7, 11) is 1.56. The van der Waals surface area contributed by atoms with E-state index in [9.17, 15) is 14.7 Å². The molecule has 0 radical (unpaired) electrons. The summed E-state index contributed by atoms with van der Waals surface area (Å²) >= 11 is 0. The van der Waals surface area contributed by atoms with Gasteiger partial charge >= 0.3 is 12.1 Å². The number of carboxylic acid groups (broad SMARTS) is 1. The van der Waals surface area contributed by atoms with Crippen LogP contribution < -0.4 is 4.74 Å². The lowest BCUT2D eigenvalue weighted by atomic mass is 9.81. The van der Waals surface area contributed by atoms with Crippen molar-refractivity contribution in [3.8, 4) is 5.75 Å². The highest BCUT2D eigenvalue weighted by Gasteiger charge is 2.36. The smallest absolute Gasteiger partial charge is 0.410 e. The predicted molar refractivity (Wildman–Crippen MR) is 93.9 cm³/mol. The van der Waals surface area contributed by atoms with Gasteiger partial charge in [-0.1, -0.05) is 12.1 Å². The van der Waals surface area contributed by atoms with Crippen molar-refractivity contribution < 1.29 is 24.2 Å². The first-order valence-electron chi connectivity index (χ1n) is 8.56. The Balaban J connectivity index is 2.18. The number of amides is 1. The van der Waals surface area contributed by atoms with Gasteiger partial charge in [-0.25, -0.2) is 4.79 Å². The second kappa shape index (κ2) is 7.76. The number of carbonyl (C=O) groups excluding carboxylic acids is 1. The van der Waals surface area contributed by atoms with Crippen molar-refractivity contribution in [2.75, 3.05) is 20.2 Å². The third-order valence-electron chi connectivity index (χ3n) is 4.30. The summed E-state index contributed by atoms with van der Waals surface area (Å²) < 4.78 is 10.6. The number of piperidine rings is 1. The number of benzene rings is 1. The summed E-state index contributed by atoms with van der Waals surface area (Å²) in [6, 6.07) is 7.13. The molecule has 25 heavy (non-hydrogen) atoms. The van der Waals surface area contributed by atoms with E-state index in [1.807, 2.05) is 20.8 Å². The van der Waals surface area contributed by atoms with E-state index in [2.05, 4.69) is 0 Å². The van der Waals surface area contributed by atoms with Gasteiger partial charge < -0.3 is 19.5 Å². The van der Waals surface area contributed by atoms with Crippen LogP contribution in [0.1, 0.15) is 45.1 Å². The molecule has 1 heterocycles. The molecule has 6 heteroatoms. The van der Waals surface area contributed by atoms with Gasteiger partial charge in [0.25, 0.3) is 0 Å². The third kappa shape index (κ3) is 5.11. The Bertz CT molecular complexity index is 622. The second-order valence-electron chi connectivity index (χ2n) is 7.42. The quantitative estimate of drug-likeness (QED) is 0.900. The first-order valence-corrected chi connectivity index (χ1v) is 8.56. The molecule has 0 aromatic heterocycles. The summed E-state index contributed by atoms with van der Waals surface area (Å²) in [6.45, 7) is 6.44. The van der Waals surface area contributed by atoms with Crippen molar-refractivity contribution in [2.24, 2.45) is 5.92 Å². The molecule has 6 nitrogen and oxygen atoms in total. The largest absolute Gasteiger partial charge is 0.497 e. The van der Waals surface area contributed by atoms with Gasteiger partial charge in [-0.15, -0.1) is 0 Å². The second-order valence-corrected chi connectivity index (χ2v) is 7.42. The summed E-state index contributed by atoms with van der Waals surface area (Å²) in [5.74, 6) is -1.10. The molecule has 2 rings (SSSR count). The Kier molecular flexibility index (Phi) is 5.93. The van der Waals surface area contributed by atoms with Gasteiger partial charge in [0.2, 0.25) is 0 Å². The zero-order chi connectivity index (χ0) is 18.6. The van der Waals surface area contributed by atoms with Crippen LogP contribution in [0.3, 0.4) is 0 Å². The zero-order valence-corrected chi connectivity index (χ0v) is 15.3. The number of methoxy groups -OCH3 is 1. The van der Waals surface area contributed by atoms with Gasteiger partial charge in [-0.2, -0.15) is 0 Å². The number of hydrogen-bond donors (Lipinski definition) is 1. The molecule has 0 spiro atoms. The van der Waals surface area contributed by atoms with Crippen molar-refractivity contribution >= 4 is 12.1 Å². The molecule has 0 saturated carbocycles.